The fraction of sp³-hybridized carbons (Fsp3) is 0.583. The zero-order valence-electron chi connectivity index (χ0n) is 18.9. The van der Waals surface area contributed by atoms with Crippen LogP contribution in [0.4, 0.5) is 0 Å². The molecule has 1 heterocycles. The van der Waals surface area contributed by atoms with Crippen molar-refractivity contribution in [1.82, 2.24) is 10.2 Å². The van der Waals surface area contributed by atoms with E-state index in [1.165, 1.54) is 0 Å². The van der Waals surface area contributed by atoms with Gasteiger partial charge in [0.25, 0.3) is 0 Å². The molecule has 1 aliphatic rings. The van der Waals surface area contributed by atoms with Gasteiger partial charge in [0.15, 0.2) is 0 Å². The molecule has 7 heteroatoms. The number of carbonyl (C=O) groups excluding carboxylic acids is 1. The van der Waals surface area contributed by atoms with Gasteiger partial charge in [-0.15, -0.1) is 12.4 Å². The van der Waals surface area contributed by atoms with Gasteiger partial charge < -0.3 is 15.2 Å². The number of likely N-dealkylation sites (tertiary alicyclic amines) is 1. The molecule has 0 radical (unpaired) electrons. The number of carboxylic acids is 1. The minimum atomic E-state index is -0.862. The third-order valence-corrected chi connectivity index (χ3v) is 5.37. The lowest BCUT2D eigenvalue weighted by Gasteiger charge is -2.25. The number of hydrogen-bond donors (Lipinski definition) is 2. The Bertz CT molecular complexity index is 730. The quantitative estimate of drug-likeness (QED) is 0.354. The molecule has 0 spiro atoms. The maximum Gasteiger partial charge on any atom is 0.325 e. The first kappa shape index (κ1) is 27.0. The number of methoxy groups -OCH3 is 1. The van der Waals surface area contributed by atoms with Crippen LogP contribution >= 0.6 is 12.4 Å². The molecule has 2 rings (SSSR count). The van der Waals surface area contributed by atoms with Gasteiger partial charge in [0.05, 0.1) is 7.11 Å². The molecular weight excluding hydrogens is 416 g/mol. The molecule has 0 aromatic heterocycles. The zero-order chi connectivity index (χ0) is 21.9. The highest BCUT2D eigenvalue weighted by Crippen LogP contribution is 2.32. The molecule has 0 saturated carbocycles. The average Bonchev–Trinajstić information content (AvgIpc) is 3.23. The van der Waals surface area contributed by atoms with Crippen molar-refractivity contribution in [2.75, 3.05) is 20.2 Å². The number of amides is 1. The SMILES string of the molecule is COc1cc(CNC(=O)CCCCC=CC(C)C)ccc1C(C(=O)O)N1CCCC1.Cl. The number of carboxylic acid groups (broad SMARTS) is 1. The predicted molar refractivity (Wildman–Crippen MR) is 126 cm³/mol. The largest absolute Gasteiger partial charge is 0.496 e. The summed E-state index contributed by atoms with van der Waals surface area (Å²) in [7, 11) is 1.55. The summed E-state index contributed by atoms with van der Waals surface area (Å²) in [6.45, 7) is 6.28. The Balaban J connectivity index is 0.00000480. The summed E-state index contributed by atoms with van der Waals surface area (Å²) in [5.41, 5.74) is 1.56. The van der Waals surface area contributed by atoms with Crippen molar-refractivity contribution >= 4 is 24.3 Å². The van der Waals surface area contributed by atoms with E-state index >= 15 is 0 Å². The van der Waals surface area contributed by atoms with Crippen molar-refractivity contribution in [3.05, 3.63) is 41.5 Å². The van der Waals surface area contributed by atoms with Gasteiger partial charge in [-0.2, -0.15) is 0 Å². The molecule has 1 unspecified atom stereocenters. The number of halogens is 1. The van der Waals surface area contributed by atoms with Crippen LogP contribution in [0.25, 0.3) is 0 Å². The summed E-state index contributed by atoms with van der Waals surface area (Å²) < 4.78 is 5.49. The highest BCUT2D eigenvalue weighted by Gasteiger charge is 2.31. The molecule has 1 aromatic rings. The number of rotatable bonds is 12. The first-order chi connectivity index (χ1) is 14.4. The number of hydrogen-bond acceptors (Lipinski definition) is 4. The summed E-state index contributed by atoms with van der Waals surface area (Å²) in [4.78, 5) is 26.0. The second kappa shape index (κ2) is 14.1. The van der Waals surface area contributed by atoms with Crippen molar-refractivity contribution in [2.24, 2.45) is 5.92 Å². The number of unbranched alkanes of at least 4 members (excludes halogenated alkanes) is 2. The lowest BCUT2D eigenvalue weighted by molar-refractivity contribution is -0.143. The van der Waals surface area contributed by atoms with Gasteiger partial charge in [-0.25, -0.2) is 0 Å². The molecule has 31 heavy (non-hydrogen) atoms. The number of nitrogens with zero attached hydrogens (tertiary/aromatic N) is 1. The van der Waals surface area contributed by atoms with Crippen molar-refractivity contribution in [1.29, 1.82) is 0 Å². The molecule has 1 aromatic carbocycles. The number of allylic oxidation sites excluding steroid dienone is 2. The molecule has 1 aliphatic heterocycles. The Morgan fingerprint density at radius 1 is 1.23 bits per heavy atom. The molecule has 6 nitrogen and oxygen atoms in total. The topological polar surface area (TPSA) is 78.9 Å². The summed E-state index contributed by atoms with van der Waals surface area (Å²) in [5, 5.41) is 12.7. The van der Waals surface area contributed by atoms with Crippen LogP contribution in [0.3, 0.4) is 0 Å². The Kier molecular flexibility index (Phi) is 12.3. The van der Waals surface area contributed by atoms with E-state index in [0.717, 1.165) is 50.8 Å². The van der Waals surface area contributed by atoms with Gasteiger partial charge in [0.2, 0.25) is 5.91 Å². The predicted octanol–water partition coefficient (Wildman–Crippen LogP) is 4.73. The highest BCUT2D eigenvalue weighted by atomic mass is 35.5. The van der Waals surface area contributed by atoms with Crippen LogP contribution in [0.5, 0.6) is 5.75 Å². The van der Waals surface area contributed by atoms with Gasteiger partial charge in [-0.3, -0.25) is 14.5 Å². The van der Waals surface area contributed by atoms with Crippen LogP contribution in [0, 0.1) is 5.92 Å². The summed E-state index contributed by atoms with van der Waals surface area (Å²) in [5.74, 6) is 0.293. The van der Waals surface area contributed by atoms with Crippen LogP contribution in [-0.2, 0) is 16.1 Å². The van der Waals surface area contributed by atoms with E-state index in [9.17, 15) is 14.7 Å². The van der Waals surface area contributed by atoms with Gasteiger partial charge in [-0.05, 0) is 62.7 Å². The summed E-state index contributed by atoms with van der Waals surface area (Å²) >= 11 is 0. The summed E-state index contributed by atoms with van der Waals surface area (Å²) in [6, 6.07) is 4.83. The molecule has 1 fully saturated rings. The van der Waals surface area contributed by atoms with E-state index in [-0.39, 0.29) is 18.3 Å². The van der Waals surface area contributed by atoms with Crippen LogP contribution in [0.1, 0.15) is 69.5 Å². The monoisotopic (exact) mass is 452 g/mol. The van der Waals surface area contributed by atoms with Gasteiger partial charge in [-0.1, -0.05) is 38.1 Å². The first-order valence-electron chi connectivity index (χ1n) is 11.0. The maximum atomic E-state index is 12.1. The third kappa shape index (κ3) is 8.91. The Morgan fingerprint density at radius 2 is 1.94 bits per heavy atom. The second-order valence-corrected chi connectivity index (χ2v) is 8.25. The van der Waals surface area contributed by atoms with Gasteiger partial charge in [0.1, 0.15) is 11.8 Å². The zero-order valence-corrected chi connectivity index (χ0v) is 19.7. The number of benzene rings is 1. The third-order valence-electron chi connectivity index (χ3n) is 5.37. The van der Waals surface area contributed by atoms with Crippen LogP contribution in [-0.4, -0.2) is 42.1 Å². The fourth-order valence-electron chi connectivity index (χ4n) is 3.78. The van der Waals surface area contributed by atoms with E-state index in [1.807, 2.05) is 23.1 Å². The van der Waals surface area contributed by atoms with Gasteiger partial charge >= 0.3 is 5.97 Å². The van der Waals surface area contributed by atoms with Crippen LogP contribution in [0.2, 0.25) is 0 Å². The van der Waals surface area contributed by atoms with Crippen molar-refractivity contribution < 1.29 is 19.4 Å². The Morgan fingerprint density at radius 3 is 2.55 bits per heavy atom. The highest BCUT2D eigenvalue weighted by molar-refractivity contribution is 5.85. The second-order valence-electron chi connectivity index (χ2n) is 8.25. The number of nitrogens with one attached hydrogen (secondary N) is 1. The minimum Gasteiger partial charge on any atom is -0.496 e. The molecule has 0 aliphatic carbocycles. The molecule has 0 bridgehead atoms. The molecule has 1 atom stereocenters. The van der Waals surface area contributed by atoms with Gasteiger partial charge in [0, 0.05) is 18.5 Å². The van der Waals surface area contributed by atoms with Crippen LogP contribution < -0.4 is 10.1 Å². The first-order valence-corrected chi connectivity index (χ1v) is 11.0. The van der Waals surface area contributed by atoms with E-state index in [1.54, 1.807) is 7.11 Å². The molecule has 1 saturated heterocycles. The molecule has 2 N–H and O–H groups in total. The lowest BCUT2D eigenvalue weighted by Crippen LogP contribution is -2.32. The Labute approximate surface area is 192 Å². The standard InChI is InChI=1S/C24H36N2O4.ClH/c1-18(2)10-6-4-5-7-11-22(27)25-17-19-12-13-20(21(16-19)30-3)23(24(28)29)26-14-8-9-15-26;/h6,10,12-13,16,18,23H,4-5,7-9,11,14-15,17H2,1-3H3,(H,25,27)(H,28,29);1H. The molecule has 1 amide bonds. The number of aliphatic carboxylic acids is 1. The summed E-state index contributed by atoms with van der Waals surface area (Å²) in [6.07, 6.45) is 9.80. The molecule has 174 valence electrons. The normalized spacial score (nSPS) is 15.1. The number of ether oxygens (including phenoxy) is 1. The average molecular weight is 453 g/mol. The van der Waals surface area contributed by atoms with E-state index in [4.69, 9.17) is 4.74 Å². The van der Waals surface area contributed by atoms with Crippen molar-refractivity contribution in [3.63, 3.8) is 0 Å². The fourth-order valence-corrected chi connectivity index (χ4v) is 3.78. The van der Waals surface area contributed by atoms with Crippen molar-refractivity contribution in [2.45, 2.75) is 65.0 Å². The Hall–Kier alpha value is -2.05. The smallest absolute Gasteiger partial charge is 0.325 e. The van der Waals surface area contributed by atoms with E-state index < -0.39 is 12.0 Å². The van der Waals surface area contributed by atoms with E-state index in [0.29, 0.717) is 30.2 Å². The lowest BCUT2D eigenvalue weighted by atomic mass is 10.0. The minimum absolute atomic E-state index is 0. The maximum absolute atomic E-state index is 12.1. The van der Waals surface area contributed by atoms with Crippen LogP contribution in [0.15, 0.2) is 30.4 Å². The van der Waals surface area contributed by atoms with Crippen molar-refractivity contribution in [3.8, 4) is 5.75 Å². The molecular formula is C24H37ClN2O4. The number of carbonyl (C=O) groups is 2. The van der Waals surface area contributed by atoms with E-state index in [2.05, 4.69) is 31.3 Å².